The molecule has 1 saturated heterocycles. The van der Waals surface area contributed by atoms with Crippen LogP contribution in [0.2, 0.25) is 0 Å². The second-order valence-electron chi connectivity index (χ2n) is 6.20. The summed E-state index contributed by atoms with van der Waals surface area (Å²) in [6.07, 6.45) is 6.20. The SMILES string of the molecule is O=C(NO)c1cnc2c(c1)CCN(CCCCC1COC1)C2. The fourth-order valence-corrected chi connectivity index (χ4v) is 3.07. The van der Waals surface area contributed by atoms with Gasteiger partial charge in [0, 0.05) is 25.2 Å². The smallest absolute Gasteiger partial charge is 0.276 e. The van der Waals surface area contributed by atoms with Crippen LogP contribution in [0.25, 0.3) is 0 Å². The Labute approximate surface area is 130 Å². The van der Waals surface area contributed by atoms with Crippen LogP contribution in [0.4, 0.5) is 0 Å². The van der Waals surface area contributed by atoms with Gasteiger partial charge in [-0.15, -0.1) is 0 Å². The summed E-state index contributed by atoms with van der Waals surface area (Å²) in [5.74, 6) is 0.289. The zero-order chi connectivity index (χ0) is 15.4. The van der Waals surface area contributed by atoms with Crippen molar-refractivity contribution >= 4 is 5.91 Å². The van der Waals surface area contributed by atoms with Crippen LogP contribution >= 0.6 is 0 Å². The first kappa shape index (κ1) is 15.4. The van der Waals surface area contributed by atoms with E-state index in [1.807, 2.05) is 6.07 Å². The number of unbranched alkanes of at least 4 members (excludes halogenated alkanes) is 1. The van der Waals surface area contributed by atoms with Gasteiger partial charge >= 0.3 is 0 Å². The lowest BCUT2D eigenvalue weighted by Crippen LogP contribution is -2.33. The number of hydroxylamine groups is 1. The first-order valence-electron chi connectivity index (χ1n) is 7.98. The summed E-state index contributed by atoms with van der Waals surface area (Å²) in [6.45, 7) is 4.86. The summed E-state index contributed by atoms with van der Waals surface area (Å²) >= 11 is 0. The maximum absolute atomic E-state index is 11.4. The lowest BCUT2D eigenvalue weighted by molar-refractivity contribution is -0.0366. The van der Waals surface area contributed by atoms with Crippen molar-refractivity contribution in [2.45, 2.75) is 32.2 Å². The van der Waals surface area contributed by atoms with Crippen molar-refractivity contribution < 1.29 is 14.7 Å². The average molecular weight is 305 g/mol. The van der Waals surface area contributed by atoms with Crippen molar-refractivity contribution in [2.24, 2.45) is 5.92 Å². The predicted octanol–water partition coefficient (Wildman–Crippen LogP) is 1.38. The van der Waals surface area contributed by atoms with Gasteiger partial charge in [-0.2, -0.15) is 0 Å². The summed E-state index contributed by atoms with van der Waals surface area (Å²) in [5.41, 5.74) is 4.23. The molecule has 3 heterocycles. The van der Waals surface area contributed by atoms with Crippen molar-refractivity contribution in [2.75, 3.05) is 26.3 Å². The molecule has 0 saturated carbocycles. The van der Waals surface area contributed by atoms with Crippen molar-refractivity contribution in [1.82, 2.24) is 15.4 Å². The molecule has 0 atom stereocenters. The maximum atomic E-state index is 11.4. The Morgan fingerprint density at radius 1 is 1.45 bits per heavy atom. The number of fused-ring (bicyclic) bond motifs is 1. The predicted molar refractivity (Wildman–Crippen MR) is 80.6 cm³/mol. The Kier molecular flexibility index (Phi) is 5.02. The molecule has 6 heteroatoms. The van der Waals surface area contributed by atoms with E-state index < -0.39 is 5.91 Å². The third-order valence-corrected chi connectivity index (χ3v) is 4.54. The Hall–Kier alpha value is -1.50. The highest BCUT2D eigenvalue weighted by molar-refractivity contribution is 5.93. The summed E-state index contributed by atoms with van der Waals surface area (Å²) in [5, 5.41) is 8.67. The van der Waals surface area contributed by atoms with Gasteiger partial charge in [0.2, 0.25) is 0 Å². The molecule has 0 aliphatic carbocycles. The average Bonchev–Trinajstić information content (AvgIpc) is 2.51. The zero-order valence-electron chi connectivity index (χ0n) is 12.8. The van der Waals surface area contributed by atoms with Crippen LogP contribution in [0.3, 0.4) is 0 Å². The molecule has 22 heavy (non-hydrogen) atoms. The van der Waals surface area contributed by atoms with Crippen LogP contribution in [0, 0.1) is 5.92 Å². The van der Waals surface area contributed by atoms with E-state index in [4.69, 9.17) is 9.94 Å². The molecule has 0 unspecified atom stereocenters. The van der Waals surface area contributed by atoms with E-state index in [0.29, 0.717) is 5.56 Å². The van der Waals surface area contributed by atoms with Gasteiger partial charge in [-0.25, -0.2) is 5.48 Å². The van der Waals surface area contributed by atoms with Crippen LogP contribution in [-0.4, -0.2) is 47.3 Å². The van der Waals surface area contributed by atoms with Crippen molar-refractivity contribution in [3.63, 3.8) is 0 Å². The lowest BCUT2D eigenvalue weighted by atomic mass is 9.99. The standard InChI is InChI=1S/C16H23N3O3/c20-16(18-21)14-7-13-4-6-19(9-15(13)17-8-14)5-2-1-3-12-10-22-11-12/h7-8,12,21H,1-6,9-11H2,(H,18,20). The minimum absolute atomic E-state index is 0.414. The van der Waals surface area contributed by atoms with Crippen molar-refractivity contribution in [3.05, 3.63) is 29.1 Å². The molecular weight excluding hydrogens is 282 g/mol. The molecule has 1 aromatic heterocycles. The Morgan fingerprint density at radius 2 is 2.32 bits per heavy atom. The number of rotatable bonds is 6. The molecule has 0 aromatic carbocycles. The fourth-order valence-electron chi connectivity index (χ4n) is 3.07. The third kappa shape index (κ3) is 3.63. The number of carbonyl (C=O) groups excluding carboxylic acids is 1. The highest BCUT2D eigenvalue weighted by Crippen LogP contribution is 2.20. The number of ether oxygens (including phenoxy) is 1. The van der Waals surface area contributed by atoms with Crippen LogP contribution in [0.1, 0.15) is 40.9 Å². The fraction of sp³-hybridized carbons (Fsp3) is 0.625. The highest BCUT2D eigenvalue weighted by atomic mass is 16.5. The summed E-state index contributed by atoms with van der Waals surface area (Å²) in [4.78, 5) is 18.2. The number of carbonyl (C=O) groups is 1. The molecule has 120 valence electrons. The van der Waals surface area contributed by atoms with Gasteiger partial charge < -0.3 is 4.74 Å². The molecule has 6 nitrogen and oxygen atoms in total. The van der Waals surface area contributed by atoms with Gasteiger partial charge in [0.15, 0.2) is 0 Å². The third-order valence-electron chi connectivity index (χ3n) is 4.54. The Balaban J connectivity index is 1.47. The van der Waals surface area contributed by atoms with Gasteiger partial charge in [0.25, 0.3) is 5.91 Å². The largest absolute Gasteiger partial charge is 0.381 e. The molecule has 2 N–H and O–H groups in total. The number of amides is 1. The van der Waals surface area contributed by atoms with Gasteiger partial charge in [-0.1, -0.05) is 6.42 Å². The van der Waals surface area contributed by atoms with Gasteiger partial charge in [0.05, 0.1) is 24.5 Å². The maximum Gasteiger partial charge on any atom is 0.276 e. The highest BCUT2D eigenvalue weighted by Gasteiger charge is 2.20. The summed E-state index contributed by atoms with van der Waals surface area (Å²) < 4.78 is 5.19. The second kappa shape index (κ2) is 7.17. The van der Waals surface area contributed by atoms with Gasteiger partial charge in [0.1, 0.15) is 0 Å². The van der Waals surface area contributed by atoms with Crippen molar-refractivity contribution in [1.29, 1.82) is 0 Å². The molecule has 1 fully saturated rings. The Bertz CT molecular complexity index is 531. The molecule has 0 spiro atoms. The minimum atomic E-state index is -0.502. The van der Waals surface area contributed by atoms with Gasteiger partial charge in [-0.05, 0) is 37.4 Å². The summed E-state index contributed by atoms with van der Waals surface area (Å²) in [7, 11) is 0. The van der Waals surface area contributed by atoms with E-state index in [2.05, 4.69) is 9.88 Å². The number of aromatic nitrogens is 1. The topological polar surface area (TPSA) is 74.7 Å². The van der Waals surface area contributed by atoms with E-state index in [1.54, 1.807) is 5.48 Å². The van der Waals surface area contributed by atoms with Crippen LogP contribution in [-0.2, 0) is 17.7 Å². The second-order valence-corrected chi connectivity index (χ2v) is 6.20. The molecule has 0 radical (unpaired) electrons. The molecular formula is C16H23N3O3. The molecule has 0 bridgehead atoms. The number of pyridine rings is 1. The first-order valence-corrected chi connectivity index (χ1v) is 7.98. The van der Waals surface area contributed by atoms with Crippen LogP contribution in [0.5, 0.6) is 0 Å². The first-order chi connectivity index (χ1) is 10.8. The zero-order valence-corrected chi connectivity index (χ0v) is 12.8. The van der Waals surface area contributed by atoms with Crippen LogP contribution in [0.15, 0.2) is 12.3 Å². The Morgan fingerprint density at radius 3 is 3.05 bits per heavy atom. The van der Waals surface area contributed by atoms with E-state index in [0.717, 1.165) is 56.4 Å². The molecule has 1 aromatic rings. The summed E-state index contributed by atoms with van der Waals surface area (Å²) in [6, 6.07) is 1.84. The molecule has 1 amide bonds. The molecule has 2 aliphatic heterocycles. The lowest BCUT2D eigenvalue weighted by Gasteiger charge is -2.29. The van der Waals surface area contributed by atoms with Gasteiger partial charge in [-0.3, -0.25) is 19.9 Å². The van der Waals surface area contributed by atoms with E-state index in [-0.39, 0.29) is 0 Å². The van der Waals surface area contributed by atoms with E-state index >= 15 is 0 Å². The minimum Gasteiger partial charge on any atom is -0.381 e. The normalized spacial score (nSPS) is 18.6. The van der Waals surface area contributed by atoms with E-state index in [1.165, 1.54) is 25.5 Å². The molecule has 2 aliphatic rings. The number of hydrogen-bond acceptors (Lipinski definition) is 5. The monoisotopic (exact) mass is 305 g/mol. The number of nitrogens with one attached hydrogen (secondary N) is 1. The quantitative estimate of drug-likeness (QED) is 0.472. The number of hydrogen-bond donors (Lipinski definition) is 2. The number of nitrogens with zero attached hydrogens (tertiary/aromatic N) is 2. The molecule has 3 rings (SSSR count). The van der Waals surface area contributed by atoms with Crippen molar-refractivity contribution in [3.8, 4) is 0 Å². The van der Waals surface area contributed by atoms with E-state index in [9.17, 15) is 4.79 Å². The van der Waals surface area contributed by atoms with Crippen LogP contribution < -0.4 is 5.48 Å².